The van der Waals surface area contributed by atoms with E-state index in [4.69, 9.17) is 23.6 Å². The topological polar surface area (TPSA) is 194 Å². The molecule has 66 heavy (non-hydrogen) atoms. The highest BCUT2D eigenvalue weighted by molar-refractivity contribution is 5.60. The Balaban J connectivity index is 0.000000194. The lowest BCUT2D eigenvalue weighted by Crippen LogP contribution is -2.49. The summed E-state index contributed by atoms with van der Waals surface area (Å²) < 4.78 is 26.3. The minimum Gasteiger partial charge on any atom is -0.394 e. The number of aromatic nitrogens is 6. The molecule has 9 rings (SSSR count). The number of β-amino-alcohol motifs (C(OH)–C–C–N with tert-alkyl or cyclic N) is 1. The molecule has 4 atom stereocenters. The van der Waals surface area contributed by atoms with Crippen molar-refractivity contribution in [1.29, 1.82) is 0 Å². The van der Waals surface area contributed by atoms with Crippen LogP contribution in [0, 0.1) is 35.5 Å². The van der Waals surface area contributed by atoms with Gasteiger partial charge < -0.3 is 48.1 Å². The number of nitrogens with zero attached hydrogens (tertiary/aromatic N) is 8. The van der Waals surface area contributed by atoms with Crippen molar-refractivity contribution in [3.05, 3.63) is 120 Å². The Morgan fingerprint density at radius 1 is 0.712 bits per heavy atom. The van der Waals surface area contributed by atoms with Crippen LogP contribution in [0.25, 0.3) is 22.6 Å². The molecular formula is C50H60N8O8. The van der Waals surface area contributed by atoms with E-state index in [0.717, 1.165) is 66.4 Å². The second-order valence-electron chi connectivity index (χ2n) is 17.4. The van der Waals surface area contributed by atoms with E-state index in [1.807, 2.05) is 89.8 Å². The number of hydrogen-bond acceptors (Lipinski definition) is 14. The Bertz CT molecular complexity index is 2590. The molecule has 348 valence electrons. The van der Waals surface area contributed by atoms with Crippen LogP contribution in [0.4, 0.5) is 0 Å². The van der Waals surface area contributed by atoms with Gasteiger partial charge in [-0.2, -0.15) is 0 Å². The average Bonchev–Trinajstić information content (AvgIpc) is 4.13. The standard InChI is InChI=1S/C26H30N4O4.C23H26N4O4.CH4/c1-18(31)25-27-10-11-30(25)15-22-12-24(34-28-22)21-8-6-19(7-9-21)4-5-20-13-29(14-20)16-23-17-32-26(2,3)33-23;1-16(29)23-24-8-9-27(23)13-20-10-22(31-25-20)19-6-4-17(5-7-19)2-3-18-11-26(12-18)14-21(30)15-28;/h6-12,18,20,23,31H,13-17H2,1-3H3;4-10,16,18,21,28-30H,11-15H2,1H3;1H4/t18-,23-;16-,21-;/m00./s1. The fourth-order valence-electron chi connectivity index (χ4n) is 7.96. The van der Waals surface area contributed by atoms with Crippen LogP contribution in [-0.4, -0.2) is 130 Å². The van der Waals surface area contributed by atoms with E-state index in [0.29, 0.717) is 55.3 Å². The predicted molar refractivity (Wildman–Crippen MR) is 246 cm³/mol. The van der Waals surface area contributed by atoms with E-state index in [1.165, 1.54) is 0 Å². The third kappa shape index (κ3) is 12.5. The van der Waals surface area contributed by atoms with Gasteiger partial charge in [0, 0.05) is 110 Å². The molecule has 6 aromatic rings. The first-order chi connectivity index (χ1) is 31.4. The van der Waals surface area contributed by atoms with Gasteiger partial charge in [0.25, 0.3) is 0 Å². The number of benzene rings is 2. The summed E-state index contributed by atoms with van der Waals surface area (Å²) in [5, 5.41) is 46.2. The molecule has 0 saturated carbocycles. The zero-order valence-corrected chi connectivity index (χ0v) is 37.1. The van der Waals surface area contributed by atoms with Crippen molar-refractivity contribution in [3.63, 3.8) is 0 Å². The maximum absolute atomic E-state index is 9.82. The van der Waals surface area contributed by atoms with Crippen molar-refractivity contribution in [2.75, 3.05) is 52.5 Å². The SMILES string of the molecule is C.C[C@H](O)c1nccn1Cc1cc(-c2ccc(C#CC3CN(C[C@H](O)CO)C3)cc2)on1.C[C@H](O)c1nccn1Cc1cc(-c2ccc(C#CC3CN(C[C@H]4COC(C)(C)O4)C3)cc2)on1. The summed E-state index contributed by atoms with van der Waals surface area (Å²) in [6.45, 7) is 13.7. The number of hydrogen-bond donors (Lipinski definition) is 4. The maximum Gasteiger partial charge on any atom is 0.167 e. The highest BCUT2D eigenvalue weighted by atomic mass is 16.7. The quantitative estimate of drug-likeness (QED) is 0.113. The van der Waals surface area contributed by atoms with Gasteiger partial charge in [0.2, 0.25) is 0 Å². The van der Waals surface area contributed by atoms with Crippen LogP contribution in [0.5, 0.6) is 0 Å². The van der Waals surface area contributed by atoms with E-state index < -0.39 is 24.1 Å². The largest absolute Gasteiger partial charge is 0.394 e. The number of aliphatic hydroxyl groups is 4. The zero-order chi connectivity index (χ0) is 45.5. The van der Waals surface area contributed by atoms with Gasteiger partial charge in [-0.25, -0.2) is 9.97 Å². The molecule has 0 unspecified atom stereocenters. The number of rotatable bonds is 13. The summed E-state index contributed by atoms with van der Waals surface area (Å²) in [5.41, 5.74) is 5.29. The van der Waals surface area contributed by atoms with E-state index >= 15 is 0 Å². The minimum absolute atomic E-state index is 0. The van der Waals surface area contributed by atoms with Crippen molar-refractivity contribution in [2.24, 2.45) is 11.8 Å². The normalized spacial score (nSPS) is 18.6. The highest BCUT2D eigenvalue weighted by Crippen LogP contribution is 2.27. The van der Waals surface area contributed by atoms with E-state index in [9.17, 15) is 15.3 Å². The summed E-state index contributed by atoms with van der Waals surface area (Å²) in [4.78, 5) is 12.8. The molecule has 7 heterocycles. The molecular weight excluding hydrogens is 841 g/mol. The second kappa shape index (κ2) is 21.6. The summed E-state index contributed by atoms with van der Waals surface area (Å²) in [6, 6.07) is 19.6. The molecule has 3 saturated heterocycles. The van der Waals surface area contributed by atoms with Gasteiger partial charge in [0.1, 0.15) is 35.2 Å². The smallest absolute Gasteiger partial charge is 0.167 e. The maximum atomic E-state index is 9.82. The lowest BCUT2D eigenvalue weighted by molar-refractivity contribution is -0.141. The number of likely N-dealkylation sites (tertiary alicyclic amines) is 2. The molecule has 0 radical (unpaired) electrons. The third-order valence-corrected chi connectivity index (χ3v) is 11.3. The van der Waals surface area contributed by atoms with E-state index in [-0.39, 0.29) is 26.1 Å². The summed E-state index contributed by atoms with van der Waals surface area (Å²) >= 11 is 0. The first-order valence-corrected chi connectivity index (χ1v) is 21.9. The number of imidazole rings is 2. The molecule has 3 fully saturated rings. The summed E-state index contributed by atoms with van der Waals surface area (Å²) in [5.74, 6) is 15.9. The van der Waals surface area contributed by atoms with Crippen LogP contribution >= 0.6 is 0 Å². The van der Waals surface area contributed by atoms with E-state index in [2.05, 4.69) is 53.8 Å². The Hall–Kier alpha value is -5.92. The van der Waals surface area contributed by atoms with Crippen LogP contribution in [0.1, 0.15) is 81.5 Å². The van der Waals surface area contributed by atoms with Crippen LogP contribution in [-0.2, 0) is 22.6 Å². The van der Waals surface area contributed by atoms with Crippen molar-refractivity contribution >= 4 is 0 Å². The Labute approximate surface area is 385 Å². The van der Waals surface area contributed by atoms with Gasteiger partial charge >= 0.3 is 0 Å². The zero-order valence-electron chi connectivity index (χ0n) is 37.1. The second-order valence-corrected chi connectivity index (χ2v) is 17.4. The predicted octanol–water partition coefficient (Wildman–Crippen LogP) is 4.99. The van der Waals surface area contributed by atoms with Crippen LogP contribution in [0.3, 0.4) is 0 Å². The Morgan fingerprint density at radius 2 is 1.18 bits per heavy atom. The van der Waals surface area contributed by atoms with Crippen molar-refractivity contribution in [2.45, 2.75) is 78.4 Å². The lowest BCUT2D eigenvalue weighted by atomic mass is 9.99. The Kier molecular flexibility index (Phi) is 15.7. The molecule has 0 spiro atoms. The fourth-order valence-corrected chi connectivity index (χ4v) is 7.96. The first-order valence-electron chi connectivity index (χ1n) is 21.9. The van der Waals surface area contributed by atoms with Crippen LogP contribution in [0.15, 0.2) is 94.5 Å². The molecule has 3 aliphatic heterocycles. The molecule has 3 aliphatic rings. The molecule has 16 heteroatoms. The fraction of sp³-hybridized carbons (Fsp3) is 0.440. The minimum atomic E-state index is -0.682. The van der Waals surface area contributed by atoms with E-state index in [1.54, 1.807) is 32.4 Å². The molecule has 4 N–H and O–H groups in total. The van der Waals surface area contributed by atoms with Crippen molar-refractivity contribution in [1.82, 2.24) is 39.2 Å². The molecule has 0 amide bonds. The number of ether oxygens (including phenoxy) is 2. The van der Waals surface area contributed by atoms with Crippen molar-refractivity contribution in [3.8, 4) is 46.3 Å². The van der Waals surface area contributed by atoms with Gasteiger partial charge in [-0.3, -0.25) is 9.80 Å². The lowest BCUT2D eigenvalue weighted by Gasteiger charge is -2.37. The summed E-state index contributed by atoms with van der Waals surface area (Å²) in [6.07, 6.45) is 5.13. The molecule has 0 aliphatic carbocycles. The molecule has 4 aromatic heterocycles. The molecule has 0 bridgehead atoms. The van der Waals surface area contributed by atoms with Gasteiger partial charge in [-0.1, -0.05) is 41.4 Å². The van der Waals surface area contributed by atoms with Crippen molar-refractivity contribution < 1.29 is 38.9 Å². The first kappa shape index (κ1) is 48.0. The van der Waals surface area contributed by atoms with Gasteiger partial charge in [-0.05, 0) is 76.2 Å². The van der Waals surface area contributed by atoms with Gasteiger partial charge in [-0.15, -0.1) is 0 Å². The van der Waals surface area contributed by atoms with Gasteiger partial charge in [0.15, 0.2) is 17.3 Å². The average molecular weight is 901 g/mol. The number of aliphatic hydroxyl groups excluding tert-OH is 4. The molecule has 16 nitrogen and oxygen atoms in total. The third-order valence-electron chi connectivity index (χ3n) is 11.3. The highest BCUT2D eigenvalue weighted by Gasteiger charge is 2.36. The Morgan fingerprint density at radius 3 is 1.61 bits per heavy atom. The monoisotopic (exact) mass is 900 g/mol. The summed E-state index contributed by atoms with van der Waals surface area (Å²) in [7, 11) is 0. The molecule has 2 aromatic carbocycles. The van der Waals surface area contributed by atoms with Crippen LogP contribution in [0.2, 0.25) is 0 Å². The van der Waals surface area contributed by atoms with Crippen LogP contribution < -0.4 is 0 Å². The van der Waals surface area contributed by atoms with Gasteiger partial charge in [0.05, 0.1) is 38.5 Å².